The predicted molar refractivity (Wildman–Crippen MR) is 108 cm³/mol. The van der Waals surface area contributed by atoms with Crippen molar-refractivity contribution in [2.24, 2.45) is 0 Å². The standard InChI is InChI=1S/C20H30BNO8/c1-11(24)22-15-17(26)16(25)14(10-23)28-18(15)27-13-8-6-12(7-9-13)21-29-19(2,3)20(4,5)30-21/h6-9,14-18,23,25-26H,10H2,1-5H3,(H,22,24)/t14?,15?,16-,17-,18-/m1/s1. The van der Waals surface area contributed by atoms with Crippen molar-refractivity contribution in [1.29, 1.82) is 0 Å². The van der Waals surface area contributed by atoms with Gasteiger partial charge >= 0.3 is 7.12 Å². The number of hydrogen-bond acceptors (Lipinski definition) is 8. The van der Waals surface area contributed by atoms with Crippen molar-refractivity contribution >= 4 is 18.5 Å². The first-order chi connectivity index (χ1) is 13.9. The van der Waals surface area contributed by atoms with Gasteiger partial charge in [-0.05, 0) is 45.3 Å². The van der Waals surface area contributed by atoms with Crippen molar-refractivity contribution in [1.82, 2.24) is 5.32 Å². The lowest BCUT2D eigenvalue weighted by Gasteiger charge is -2.42. The quantitative estimate of drug-likeness (QED) is 0.459. The largest absolute Gasteiger partial charge is 0.494 e. The Bertz CT molecular complexity index is 740. The van der Waals surface area contributed by atoms with E-state index in [9.17, 15) is 20.1 Å². The van der Waals surface area contributed by atoms with Gasteiger partial charge in [0.1, 0.15) is 30.1 Å². The SMILES string of the molecule is CC(=O)NC1[C@H](Oc2ccc(B3OC(C)(C)C(C)(C)O3)cc2)OC(CO)[C@@H](O)[C@@H]1O. The van der Waals surface area contributed by atoms with Crippen molar-refractivity contribution in [3.8, 4) is 5.75 Å². The number of ether oxygens (including phenoxy) is 2. The molecule has 10 heteroatoms. The zero-order valence-electron chi connectivity index (χ0n) is 17.9. The first-order valence-corrected chi connectivity index (χ1v) is 9.97. The summed E-state index contributed by atoms with van der Waals surface area (Å²) in [5.41, 5.74) is -0.0948. The predicted octanol–water partition coefficient (Wildman–Crippen LogP) is -0.692. The molecule has 0 bridgehead atoms. The van der Waals surface area contributed by atoms with Crippen LogP contribution >= 0.6 is 0 Å². The first kappa shape index (κ1) is 23.0. The van der Waals surface area contributed by atoms with Crippen LogP contribution in [0.3, 0.4) is 0 Å². The van der Waals surface area contributed by atoms with Crippen LogP contribution in [0.4, 0.5) is 0 Å². The normalized spacial score (nSPS) is 32.7. The van der Waals surface area contributed by atoms with Gasteiger partial charge in [0.25, 0.3) is 0 Å². The Morgan fingerprint density at radius 3 is 2.17 bits per heavy atom. The summed E-state index contributed by atoms with van der Waals surface area (Å²) in [7, 11) is -0.516. The Morgan fingerprint density at radius 2 is 1.67 bits per heavy atom. The molecule has 30 heavy (non-hydrogen) atoms. The van der Waals surface area contributed by atoms with E-state index in [2.05, 4.69) is 5.32 Å². The molecule has 4 N–H and O–H groups in total. The van der Waals surface area contributed by atoms with Crippen LogP contribution in [0.25, 0.3) is 0 Å². The van der Waals surface area contributed by atoms with Crippen LogP contribution in [0, 0.1) is 0 Å². The third-order valence-corrected chi connectivity index (χ3v) is 5.91. The van der Waals surface area contributed by atoms with Crippen LogP contribution in [0.5, 0.6) is 5.75 Å². The maximum atomic E-state index is 11.5. The molecule has 0 aromatic heterocycles. The number of amides is 1. The smallest absolute Gasteiger partial charge is 0.463 e. The molecule has 9 nitrogen and oxygen atoms in total. The summed E-state index contributed by atoms with van der Waals surface area (Å²) in [5, 5.41) is 32.4. The summed E-state index contributed by atoms with van der Waals surface area (Å²) in [6.45, 7) is 8.68. The second kappa shape index (κ2) is 8.45. The minimum absolute atomic E-state index is 0.413. The molecular weight excluding hydrogens is 393 g/mol. The van der Waals surface area contributed by atoms with E-state index in [1.54, 1.807) is 24.3 Å². The molecule has 3 rings (SSSR count). The van der Waals surface area contributed by atoms with Crippen LogP contribution in [-0.4, -0.2) is 76.8 Å². The summed E-state index contributed by atoms with van der Waals surface area (Å²) >= 11 is 0. The van der Waals surface area contributed by atoms with E-state index in [-0.39, 0.29) is 0 Å². The average molecular weight is 423 g/mol. The van der Waals surface area contributed by atoms with Crippen LogP contribution in [0.1, 0.15) is 34.6 Å². The second-order valence-electron chi connectivity index (χ2n) is 8.71. The van der Waals surface area contributed by atoms with Crippen LogP contribution in [0.15, 0.2) is 24.3 Å². The highest BCUT2D eigenvalue weighted by Crippen LogP contribution is 2.36. The molecule has 2 heterocycles. The Labute approximate surface area is 176 Å². The van der Waals surface area contributed by atoms with Gasteiger partial charge in [-0.3, -0.25) is 4.79 Å². The van der Waals surface area contributed by atoms with Crippen molar-refractivity contribution < 1.29 is 38.9 Å². The lowest BCUT2D eigenvalue weighted by Crippen LogP contribution is -2.65. The van der Waals surface area contributed by atoms with E-state index < -0.39 is 61.5 Å². The molecule has 5 atom stereocenters. The highest BCUT2D eigenvalue weighted by Gasteiger charge is 2.51. The Morgan fingerprint density at radius 1 is 1.10 bits per heavy atom. The number of aliphatic hydroxyl groups excluding tert-OH is 3. The van der Waals surface area contributed by atoms with E-state index in [1.807, 2.05) is 27.7 Å². The molecule has 1 aromatic carbocycles. The van der Waals surface area contributed by atoms with Gasteiger partial charge in [-0.25, -0.2) is 0 Å². The first-order valence-electron chi connectivity index (χ1n) is 9.97. The van der Waals surface area contributed by atoms with Gasteiger partial charge in [0.2, 0.25) is 12.2 Å². The number of nitrogens with one attached hydrogen (secondary N) is 1. The number of carbonyl (C=O) groups excluding carboxylic acids is 1. The number of carbonyl (C=O) groups is 1. The molecule has 1 aromatic rings. The minimum Gasteiger partial charge on any atom is -0.463 e. The van der Waals surface area contributed by atoms with Crippen molar-refractivity contribution in [2.75, 3.05) is 6.61 Å². The highest BCUT2D eigenvalue weighted by atomic mass is 16.7. The molecule has 0 saturated carbocycles. The Hall–Kier alpha value is -1.69. The second-order valence-corrected chi connectivity index (χ2v) is 8.71. The van der Waals surface area contributed by atoms with Gasteiger partial charge in [-0.2, -0.15) is 0 Å². The van der Waals surface area contributed by atoms with Gasteiger partial charge in [-0.15, -0.1) is 0 Å². The van der Waals surface area contributed by atoms with E-state index in [0.717, 1.165) is 5.46 Å². The molecule has 0 radical (unpaired) electrons. The lowest BCUT2D eigenvalue weighted by molar-refractivity contribution is -0.244. The monoisotopic (exact) mass is 423 g/mol. The van der Waals surface area contributed by atoms with E-state index >= 15 is 0 Å². The molecule has 2 fully saturated rings. The molecule has 0 aliphatic carbocycles. The van der Waals surface area contributed by atoms with E-state index in [0.29, 0.717) is 5.75 Å². The van der Waals surface area contributed by atoms with Gasteiger partial charge in [0.15, 0.2) is 0 Å². The van der Waals surface area contributed by atoms with Crippen molar-refractivity contribution in [3.63, 3.8) is 0 Å². The summed E-state index contributed by atoms with van der Waals surface area (Å²) in [5.74, 6) is -0.00194. The highest BCUT2D eigenvalue weighted by molar-refractivity contribution is 6.62. The van der Waals surface area contributed by atoms with Crippen molar-refractivity contribution in [2.45, 2.75) is 76.5 Å². The number of rotatable bonds is 5. The number of aliphatic hydroxyl groups is 3. The summed E-state index contributed by atoms with van der Waals surface area (Å²) in [4.78, 5) is 11.5. The summed E-state index contributed by atoms with van der Waals surface area (Å²) < 4.78 is 23.5. The molecule has 2 saturated heterocycles. The topological polar surface area (TPSA) is 127 Å². The maximum Gasteiger partial charge on any atom is 0.494 e. The average Bonchev–Trinajstić information content (AvgIpc) is 2.89. The Balaban J connectivity index is 1.74. The zero-order valence-corrected chi connectivity index (χ0v) is 17.9. The van der Waals surface area contributed by atoms with Gasteiger partial charge < -0.3 is 39.4 Å². The van der Waals surface area contributed by atoms with Crippen LogP contribution in [-0.2, 0) is 18.8 Å². The number of hydrogen-bond donors (Lipinski definition) is 4. The van der Waals surface area contributed by atoms with Crippen molar-refractivity contribution in [3.05, 3.63) is 24.3 Å². The van der Waals surface area contributed by atoms with Crippen LogP contribution < -0.4 is 15.5 Å². The number of benzene rings is 1. The Kier molecular flexibility index (Phi) is 6.47. The fourth-order valence-electron chi connectivity index (χ4n) is 3.39. The van der Waals surface area contributed by atoms with Gasteiger partial charge in [0, 0.05) is 6.92 Å². The summed E-state index contributed by atoms with van der Waals surface area (Å²) in [6.07, 6.45) is -4.88. The van der Waals surface area contributed by atoms with Gasteiger partial charge in [-0.1, -0.05) is 12.1 Å². The molecular formula is C20H30BNO8. The lowest BCUT2D eigenvalue weighted by atomic mass is 9.79. The molecule has 166 valence electrons. The fourth-order valence-corrected chi connectivity index (χ4v) is 3.39. The van der Waals surface area contributed by atoms with Crippen LogP contribution in [0.2, 0.25) is 0 Å². The molecule has 2 unspecified atom stereocenters. The van der Waals surface area contributed by atoms with E-state index in [1.165, 1.54) is 6.92 Å². The third-order valence-electron chi connectivity index (χ3n) is 5.91. The molecule has 0 spiro atoms. The minimum atomic E-state index is -1.37. The maximum absolute atomic E-state index is 11.5. The fraction of sp³-hybridized carbons (Fsp3) is 0.650. The zero-order chi connectivity index (χ0) is 22.3. The van der Waals surface area contributed by atoms with E-state index in [4.69, 9.17) is 18.8 Å². The molecule has 2 aliphatic heterocycles. The molecule has 1 amide bonds. The van der Waals surface area contributed by atoms with Gasteiger partial charge in [0.05, 0.1) is 17.8 Å². The molecule has 2 aliphatic rings. The third kappa shape index (κ3) is 4.49. The summed E-state index contributed by atoms with van der Waals surface area (Å²) in [6, 6.07) is 5.97.